The first-order valence-electron chi connectivity index (χ1n) is 8.30. The summed E-state index contributed by atoms with van der Waals surface area (Å²) < 4.78 is 18.8. The van der Waals surface area contributed by atoms with Gasteiger partial charge >= 0.3 is 0 Å². The molecule has 0 radical (unpaired) electrons. The van der Waals surface area contributed by atoms with Crippen LogP contribution in [0.4, 0.5) is 10.1 Å². The van der Waals surface area contributed by atoms with E-state index < -0.39 is 5.82 Å². The molecule has 0 heterocycles. The molecule has 26 heavy (non-hydrogen) atoms. The minimum absolute atomic E-state index is 0.0502. The van der Waals surface area contributed by atoms with Gasteiger partial charge in [-0.3, -0.25) is 0 Å². The third-order valence-corrected chi connectivity index (χ3v) is 3.66. The molecule has 2 rings (SSSR count). The molecule has 0 unspecified atom stereocenters. The first kappa shape index (κ1) is 19.5. The molecule has 140 valence electrons. The Morgan fingerprint density at radius 2 is 2.00 bits per heavy atom. The molecule has 3 N–H and O–H groups in total. The maximum Gasteiger partial charge on any atom is 0.196 e. The first-order chi connectivity index (χ1) is 12.5. The van der Waals surface area contributed by atoms with Crippen LogP contribution in [0, 0.1) is 5.82 Å². The molecule has 0 amide bonds. The molecule has 6 nitrogen and oxygen atoms in total. The summed E-state index contributed by atoms with van der Waals surface area (Å²) in [5, 5.41) is 16.1. The highest BCUT2D eigenvalue weighted by molar-refractivity contribution is 5.94. The van der Waals surface area contributed by atoms with Crippen LogP contribution in [-0.4, -0.2) is 50.3 Å². The van der Waals surface area contributed by atoms with Crippen LogP contribution in [0.2, 0.25) is 0 Å². The Morgan fingerprint density at radius 1 is 1.23 bits per heavy atom. The van der Waals surface area contributed by atoms with Gasteiger partial charge in [-0.1, -0.05) is 18.2 Å². The van der Waals surface area contributed by atoms with Crippen LogP contribution >= 0.6 is 0 Å². The highest BCUT2D eigenvalue weighted by atomic mass is 19.1. The average Bonchev–Trinajstić information content (AvgIpc) is 2.62. The molecule has 0 aliphatic heterocycles. The molecule has 0 saturated carbocycles. The molecule has 0 saturated heterocycles. The zero-order valence-corrected chi connectivity index (χ0v) is 15.3. The fraction of sp³-hybridized carbons (Fsp3) is 0.316. The van der Waals surface area contributed by atoms with Crippen LogP contribution in [0.25, 0.3) is 0 Å². The van der Waals surface area contributed by atoms with E-state index in [1.165, 1.54) is 18.2 Å². The number of phenolic OH excluding ortho intramolecular Hbond substituents is 1. The van der Waals surface area contributed by atoms with Crippen LogP contribution in [0.1, 0.15) is 5.56 Å². The number of anilines is 1. The smallest absolute Gasteiger partial charge is 0.196 e. The predicted octanol–water partition coefficient (Wildman–Crippen LogP) is 2.66. The Kier molecular flexibility index (Phi) is 7.23. The van der Waals surface area contributed by atoms with Gasteiger partial charge in [0.25, 0.3) is 0 Å². The molecular weight excluding hydrogens is 335 g/mol. The summed E-state index contributed by atoms with van der Waals surface area (Å²) in [4.78, 5) is 6.56. The number of aliphatic imine (C=N–C) groups is 1. The van der Waals surface area contributed by atoms with E-state index in [9.17, 15) is 9.50 Å². The SMILES string of the molecule is COc1ccccc1CN=C(NCCN(C)C)Nc1cc(F)ccc1O. The summed E-state index contributed by atoms with van der Waals surface area (Å²) in [6.45, 7) is 1.81. The van der Waals surface area contributed by atoms with Crippen molar-refractivity contribution in [3.05, 3.63) is 53.8 Å². The second kappa shape index (κ2) is 9.62. The Hall–Kier alpha value is -2.80. The molecular formula is C19H25FN4O2. The van der Waals surface area contributed by atoms with Crippen LogP contribution < -0.4 is 15.4 Å². The van der Waals surface area contributed by atoms with Gasteiger partial charge in [-0.05, 0) is 32.3 Å². The zero-order chi connectivity index (χ0) is 18.9. The summed E-state index contributed by atoms with van der Waals surface area (Å²) in [5.74, 6) is 0.699. The topological polar surface area (TPSA) is 69.1 Å². The van der Waals surface area contributed by atoms with Crippen molar-refractivity contribution >= 4 is 11.6 Å². The lowest BCUT2D eigenvalue weighted by Crippen LogP contribution is -2.36. The first-order valence-corrected chi connectivity index (χ1v) is 8.30. The molecule has 0 aliphatic rings. The highest BCUT2D eigenvalue weighted by Gasteiger charge is 2.07. The van der Waals surface area contributed by atoms with Gasteiger partial charge in [0.2, 0.25) is 0 Å². The monoisotopic (exact) mass is 360 g/mol. The lowest BCUT2D eigenvalue weighted by molar-refractivity contribution is 0.409. The van der Waals surface area contributed by atoms with Gasteiger partial charge in [0, 0.05) is 24.7 Å². The van der Waals surface area contributed by atoms with Crippen LogP contribution in [0.15, 0.2) is 47.5 Å². The van der Waals surface area contributed by atoms with E-state index in [2.05, 4.69) is 15.6 Å². The number of nitrogens with one attached hydrogen (secondary N) is 2. The molecule has 0 bridgehead atoms. The summed E-state index contributed by atoms with van der Waals surface area (Å²) in [6.07, 6.45) is 0. The minimum atomic E-state index is -0.442. The van der Waals surface area contributed by atoms with Crippen molar-refractivity contribution < 1.29 is 14.2 Å². The molecule has 0 aromatic heterocycles. The number of ether oxygens (including phenoxy) is 1. The van der Waals surface area contributed by atoms with E-state index >= 15 is 0 Å². The van der Waals surface area contributed by atoms with Gasteiger partial charge < -0.3 is 25.4 Å². The Bertz CT molecular complexity index is 750. The molecule has 0 aliphatic carbocycles. The van der Waals surface area contributed by atoms with Gasteiger partial charge in [0.05, 0.1) is 19.3 Å². The number of nitrogens with zero attached hydrogens (tertiary/aromatic N) is 2. The van der Waals surface area contributed by atoms with Crippen LogP contribution in [-0.2, 0) is 6.54 Å². The van der Waals surface area contributed by atoms with Gasteiger partial charge in [-0.2, -0.15) is 0 Å². The summed E-state index contributed by atoms with van der Waals surface area (Å²) in [6, 6.07) is 11.3. The van der Waals surface area contributed by atoms with E-state index in [0.29, 0.717) is 19.0 Å². The Labute approximate surface area is 153 Å². The highest BCUT2D eigenvalue weighted by Crippen LogP contribution is 2.23. The number of aromatic hydroxyl groups is 1. The number of rotatable bonds is 7. The normalized spacial score (nSPS) is 11.5. The predicted molar refractivity (Wildman–Crippen MR) is 102 cm³/mol. The van der Waals surface area contributed by atoms with Gasteiger partial charge in [-0.25, -0.2) is 9.38 Å². The lowest BCUT2D eigenvalue weighted by Gasteiger charge is -2.16. The van der Waals surface area contributed by atoms with Gasteiger partial charge in [-0.15, -0.1) is 0 Å². The van der Waals surface area contributed by atoms with E-state index in [1.807, 2.05) is 43.3 Å². The number of para-hydroxylation sites is 1. The second-order valence-corrected chi connectivity index (χ2v) is 5.99. The third-order valence-electron chi connectivity index (χ3n) is 3.66. The van der Waals surface area contributed by atoms with E-state index in [-0.39, 0.29) is 11.4 Å². The molecule has 0 fully saturated rings. The van der Waals surface area contributed by atoms with Crippen molar-refractivity contribution in [1.29, 1.82) is 0 Å². The number of likely N-dealkylation sites (N-methyl/N-ethyl adjacent to an activating group) is 1. The summed E-state index contributed by atoms with van der Waals surface area (Å²) in [5.41, 5.74) is 1.17. The minimum Gasteiger partial charge on any atom is -0.506 e. The summed E-state index contributed by atoms with van der Waals surface area (Å²) in [7, 11) is 5.56. The molecule has 0 spiro atoms. The quantitative estimate of drug-likeness (QED) is 0.402. The maximum absolute atomic E-state index is 13.5. The second-order valence-electron chi connectivity index (χ2n) is 5.99. The van der Waals surface area contributed by atoms with Gasteiger partial charge in [0.15, 0.2) is 5.96 Å². The molecule has 0 atom stereocenters. The number of benzene rings is 2. The van der Waals surface area contributed by atoms with Gasteiger partial charge in [0.1, 0.15) is 17.3 Å². The van der Waals surface area contributed by atoms with Crippen molar-refractivity contribution in [3.8, 4) is 11.5 Å². The van der Waals surface area contributed by atoms with E-state index in [0.717, 1.165) is 17.9 Å². The number of halogens is 1. The average molecular weight is 360 g/mol. The molecule has 7 heteroatoms. The van der Waals surface area contributed by atoms with Crippen molar-refractivity contribution in [2.45, 2.75) is 6.54 Å². The Morgan fingerprint density at radius 3 is 2.73 bits per heavy atom. The number of hydrogen-bond acceptors (Lipinski definition) is 4. The fourth-order valence-corrected chi connectivity index (χ4v) is 2.27. The van der Waals surface area contributed by atoms with Crippen LogP contribution in [0.3, 0.4) is 0 Å². The largest absolute Gasteiger partial charge is 0.506 e. The van der Waals surface area contributed by atoms with Crippen molar-refractivity contribution in [2.24, 2.45) is 4.99 Å². The zero-order valence-electron chi connectivity index (χ0n) is 15.3. The number of hydrogen-bond donors (Lipinski definition) is 3. The fourth-order valence-electron chi connectivity index (χ4n) is 2.27. The van der Waals surface area contributed by atoms with Crippen molar-refractivity contribution in [1.82, 2.24) is 10.2 Å². The molecule has 2 aromatic rings. The number of guanidine groups is 1. The summed E-state index contributed by atoms with van der Waals surface area (Å²) >= 11 is 0. The van der Waals surface area contributed by atoms with E-state index in [1.54, 1.807) is 7.11 Å². The Balaban J connectivity index is 2.17. The van der Waals surface area contributed by atoms with Crippen LogP contribution in [0.5, 0.6) is 11.5 Å². The van der Waals surface area contributed by atoms with Crippen molar-refractivity contribution in [3.63, 3.8) is 0 Å². The lowest BCUT2D eigenvalue weighted by atomic mass is 10.2. The third kappa shape index (κ3) is 5.93. The maximum atomic E-state index is 13.5. The standard InChI is InChI=1S/C19H25FN4O2/c1-24(2)11-10-21-19(23-16-12-15(20)8-9-17(16)25)22-13-14-6-4-5-7-18(14)26-3/h4-9,12,25H,10-11,13H2,1-3H3,(H2,21,22,23). The number of phenols is 1. The molecule has 2 aromatic carbocycles. The number of methoxy groups -OCH3 is 1. The van der Waals surface area contributed by atoms with E-state index in [4.69, 9.17) is 4.74 Å². The van der Waals surface area contributed by atoms with Crippen molar-refractivity contribution in [2.75, 3.05) is 39.6 Å².